The SMILES string of the molecule is CCN1C(=O)N2Cc3cc(OC)cc(OC)c3[C@@H](C)C=C2C12CCN(C(=O)c1nn(C)c3c1=CCCC=3)CC2. The predicted molar refractivity (Wildman–Crippen MR) is 148 cm³/mol. The van der Waals surface area contributed by atoms with Crippen LogP contribution >= 0.6 is 0 Å². The molecule has 6 rings (SSSR count). The molecule has 0 N–H and O–H groups in total. The Labute approximate surface area is 228 Å². The first-order valence-corrected chi connectivity index (χ1v) is 13.9. The van der Waals surface area contributed by atoms with Gasteiger partial charge in [0.1, 0.15) is 11.5 Å². The fraction of sp³-hybridized carbons (Fsp3) is 0.500. The molecule has 3 amide bonds. The van der Waals surface area contributed by atoms with E-state index in [2.05, 4.69) is 30.3 Å². The number of allylic oxidation sites excluding steroid dienone is 1. The van der Waals surface area contributed by atoms with Crippen LogP contribution in [0.25, 0.3) is 12.2 Å². The summed E-state index contributed by atoms with van der Waals surface area (Å²) in [5, 5.41) is 6.57. The summed E-state index contributed by atoms with van der Waals surface area (Å²) >= 11 is 0. The molecule has 206 valence electrons. The standard InChI is InChI=1S/C30H37N5O4/c1-6-35-29(37)34-18-20-16-21(38-4)17-24(39-5)26(20)19(2)15-25(34)30(35)11-13-33(14-12-30)28(36)27-22-9-7-8-10-23(22)32(3)31-27/h9-10,15-17,19H,6-8,11-14,18H2,1-5H3/t19-/m0/s1. The largest absolute Gasteiger partial charge is 0.497 e. The first kappa shape index (κ1) is 25.5. The van der Waals surface area contributed by atoms with Crippen molar-refractivity contribution in [2.75, 3.05) is 33.9 Å². The number of hydrogen-bond acceptors (Lipinski definition) is 5. The minimum absolute atomic E-state index is 0.0225. The Morgan fingerprint density at radius 3 is 2.56 bits per heavy atom. The van der Waals surface area contributed by atoms with Crippen LogP contribution in [-0.2, 0) is 13.6 Å². The Morgan fingerprint density at radius 1 is 1.13 bits per heavy atom. The van der Waals surface area contributed by atoms with Crippen molar-refractivity contribution in [3.05, 3.63) is 51.3 Å². The number of likely N-dealkylation sites (tertiary alicyclic amines) is 1. The first-order valence-electron chi connectivity index (χ1n) is 13.9. The number of ether oxygens (including phenoxy) is 2. The van der Waals surface area contributed by atoms with Gasteiger partial charge in [0.25, 0.3) is 5.91 Å². The van der Waals surface area contributed by atoms with Gasteiger partial charge in [-0.3, -0.25) is 14.4 Å². The lowest BCUT2D eigenvalue weighted by atomic mass is 9.82. The van der Waals surface area contributed by atoms with Crippen LogP contribution in [-0.4, -0.2) is 75.8 Å². The van der Waals surface area contributed by atoms with E-state index < -0.39 is 5.54 Å². The minimum Gasteiger partial charge on any atom is -0.497 e. The van der Waals surface area contributed by atoms with Crippen LogP contribution in [0, 0.1) is 0 Å². The lowest BCUT2D eigenvalue weighted by Gasteiger charge is -2.44. The monoisotopic (exact) mass is 531 g/mol. The number of methoxy groups -OCH3 is 2. The van der Waals surface area contributed by atoms with E-state index in [1.165, 1.54) is 0 Å². The fourth-order valence-electron chi connectivity index (χ4n) is 7.10. The minimum atomic E-state index is -0.445. The molecule has 0 unspecified atom stereocenters. The zero-order chi connectivity index (χ0) is 27.5. The zero-order valence-electron chi connectivity index (χ0n) is 23.5. The summed E-state index contributed by atoms with van der Waals surface area (Å²) in [6, 6.07) is 3.95. The second-order valence-electron chi connectivity index (χ2n) is 10.9. The summed E-state index contributed by atoms with van der Waals surface area (Å²) < 4.78 is 13.1. The van der Waals surface area contributed by atoms with Crippen molar-refractivity contribution in [3.8, 4) is 11.5 Å². The van der Waals surface area contributed by atoms with E-state index in [9.17, 15) is 9.59 Å². The number of aryl methyl sites for hydroxylation is 1. The molecule has 2 aromatic rings. The highest BCUT2D eigenvalue weighted by Crippen LogP contribution is 2.49. The van der Waals surface area contributed by atoms with Crippen LogP contribution in [0.5, 0.6) is 11.5 Å². The van der Waals surface area contributed by atoms with Crippen molar-refractivity contribution in [2.24, 2.45) is 7.05 Å². The molecule has 0 bridgehead atoms. The maximum Gasteiger partial charge on any atom is 0.325 e. The number of amides is 3. The van der Waals surface area contributed by atoms with E-state index in [4.69, 9.17) is 9.47 Å². The number of benzene rings is 1. The highest BCUT2D eigenvalue weighted by Gasteiger charge is 2.55. The van der Waals surface area contributed by atoms with Crippen LogP contribution in [0.3, 0.4) is 0 Å². The fourth-order valence-corrected chi connectivity index (χ4v) is 7.10. The molecule has 1 aliphatic carbocycles. The number of hydrogen-bond donors (Lipinski definition) is 0. The van der Waals surface area contributed by atoms with E-state index in [1.807, 2.05) is 45.5 Å². The predicted octanol–water partition coefficient (Wildman–Crippen LogP) is 2.73. The van der Waals surface area contributed by atoms with Gasteiger partial charge in [-0.05, 0) is 44.2 Å². The number of urea groups is 1. The zero-order valence-corrected chi connectivity index (χ0v) is 23.5. The Bertz CT molecular complexity index is 1500. The molecule has 0 radical (unpaired) electrons. The van der Waals surface area contributed by atoms with E-state index in [-0.39, 0.29) is 17.9 Å². The van der Waals surface area contributed by atoms with Gasteiger partial charge in [-0.1, -0.05) is 25.2 Å². The third-order valence-corrected chi connectivity index (χ3v) is 8.97. The van der Waals surface area contributed by atoms with Gasteiger partial charge >= 0.3 is 6.03 Å². The Hall–Kier alpha value is -3.75. The van der Waals surface area contributed by atoms with Gasteiger partial charge in [-0.2, -0.15) is 5.10 Å². The number of nitrogens with zero attached hydrogens (tertiary/aromatic N) is 5. The third kappa shape index (κ3) is 3.77. The van der Waals surface area contributed by atoms with Gasteiger partial charge in [0.05, 0.1) is 31.7 Å². The summed E-state index contributed by atoms with van der Waals surface area (Å²) in [6.45, 7) is 6.42. The molecule has 1 aromatic carbocycles. The van der Waals surface area contributed by atoms with E-state index >= 15 is 0 Å². The number of piperidine rings is 1. The van der Waals surface area contributed by atoms with Gasteiger partial charge < -0.3 is 19.3 Å². The average molecular weight is 532 g/mol. The molecule has 9 heteroatoms. The van der Waals surface area contributed by atoms with Crippen molar-refractivity contribution in [1.29, 1.82) is 0 Å². The van der Waals surface area contributed by atoms with Crippen molar-refractivity contribution in [3.63, 3.8) is 0 Å². The van der Waals surface area contributed by atoms with Crippen molar-refractivity contribution >= 4 is 24.1 Å². The number of carbonyl (C=O) groups is 2. The molecule has 2 saturated heterocycles. The van der Waals surface area contributed by atoms with Crippen molar-refractivity contribution < 1.29 is 19.1 Å². The summed E-state index contributed by atoms with van der Waals surface area (Å²) in [5.41, 5.74) is 3.26. The molecule has 2 fully saturated rings. The van der Waals surface area contributed by atoms with Crippen molar-refractivity contribution in [1.82, 2.24) is 24.5 Å². The second-order valence-corrected chi connectivity index (χ2v) is 10.9. The summed E-state index contributed by atoms with van der Waals surface area (Å²) in [5.74, 6) is 1.52. The highest BCUT2D eigenvalue weighted by atomic mass is 16.5. The number of aromatic nitrogens is 2. The topological polar surface area (TPSA) is 80.1 Å². The van der Waals surface area contributed by atoms with Crippen LogP contribution in [0.4, 0.5) is 4.79 Å². The van der Waals surface area contributed by atoms with Gasteiger partial charge in [0, 0.05) is 55.1 Å². The van der Waals surface area contributed by atoms with Crippen LogP contribution in [0.15, 0.2) is 23.9 Å². The van der Waals surface area contributed by atoms with Crippen LogP contribution < -0.4 is 20.0 Å². The van der Waals surface area contributed by atoms with Gasteiger partial charge in [0.15, 0.2) is 5.69 Å². The molecular weight excluding hydrogens is 494 g/mol. The molecule has 9 nitrogen and oxygen atoms in total. The highest BCUT2D eigenvalue weighted by molar-refractivity contribution is 5.93. The smallest absolute Gasteiger partial charge is 0.325 e. The van der Waals surface area contributed by atoms with E-state index in [0.717, 1.165) is 46.0 Å². The number of fused-ring (bicyclic) bond motifs is 4. The quantitative estimate of drug-likeness (QED) is 0.606. The van der Waals surface area contributed by atoms with E-state index in [1.54, 1.807) is 14.2 Å². The van der Waals surface area contributed by atoms with Crippen molar-refractivity contribution in [2.45, 2.75) is 57.5 Å². The molecule has 1 aromatic heterocycles. The summed E-state index contributed by atoms with van der Waals surface area (Å²) in [4.78, 5) is 33.4. The molecule has 39 heavy (non-hydrogen) atoms. The molecule has 0 saturated carbocycles. The van der Waals surface area contributed by atoms with Gasteiger partial charge in [-0.25, -0.2) is 4.79 Å². The van der Waals surface area contributed by atoms with Gasteiger partial charge in [-0.15, -0.1) is 0 Å². The Morgan fingerprint density at radius 2 is 1.87 bits per heavy atom. The van der Waals surface area contributed by atoms with Crippen LogP contribution in [0.2, 0.25) is 0 Å². The number of carbonyl (C=O) groups excluding carboxylic acids is 2. The molecular formula is C30H37N5O4. The average Bonchev–Trinajstić information content (AvgIpc) is 3.32. The van der Waals surface area contributed by atoms with Crippen LogP contribution in [0.1, 0.15) is 67.1 Å². The lowest BCUT2D eigenvalue weighted by Crippen LogP contribution is -2.55. The Balaban J connectivity index is 1.33. The lowest BCUT2D eigenvalue weighted by molar-refractivity contribution is 0.0568. The Kier molecular flexibility index (Phi) is 6.19. The van der Waals surface area contributed by atoms with E-state index in [0.29, 0.717) is 50.5 Å². The molecule has 1 spiro atoms. The normalized spacial score (nSPS) is 21.4. The molecule has 3 aliphatic heterocycles. The summed E-state index contributed by atoms with van der Waals surface area (Å²) in [7, 11) is 5.22. The second kappa shape index (κ2) is 9.47. The third-order valence-electron chi connectivity index (χ3n) is 8.97. The maximum atomic E-state index is 13.9. The van der Waals surface area contributed by atoms with Gasteiger partial charge in [0.2, 0.25) is 0 Å². The molecule has 1 atom stereocenters. The summed E-state index contributed by atoms with van der Waals surface area (Å²) in [6.07, 6.45) is 9.81. The first-order chi connectivity index (χ1) is 18.8. The molecule has 4 aliphatic rings. The number of rotatable bonds is 4. The number of likely N-dealkylation sites (N-methyl/N-ethyl adjacent to an activating group) is 1. The maximum absolute atomic E-state index is 13.9. The molecule has 4 heterocycles.